The summed E-state index contributed by atoms with van der Waals surface area (Å²) < 4.78 is 3.11. The number of aryl methyl sites for hydroxylation is 2. The van der Waals surface area contributed by atoms with Gasteiger partial charge < -0.3 is 4.57 Å². The third kappa shape index (κ3) is 2.82. The average Bonchev–Trinajstić information content (AvgIpc) is 2.94. The van der Waals surface area contributed by atoms with Gasteiger partial charge in [0, 0.05) is 6.20 Å². The van der Waals surface area contributed by atoms with Gasteiger partial charge >= 0.3 is 0 Å². The van der Waals surface area contributed by atoms with E-state index in [1.54, 1.807) is 30.8 Å². The summed E-state index contributed by atoms with van der Waals surface area (Å²) in [4.78, 5) is 12.5. The van der Waals surface area contributed by atoms with Crippen LogP contribution in [-0.2, 0) is 6.54 Å². The Labute approximate surface area is 144 Å². The molecule has 0 bridgehead atoms. The quantitative estimate of drug-likeness (QED) is 0.738. The van der Waals surface area contributed by atoms with Crippen molar-refractivity contribution < 1.29 is 0 Å². The van der Waals surface area contributed by atoms with Crippen molar-refractivity contribution in [2.24, 2.45) is 0 Å². The molecule has 0 spiro atoms. The highest BCUT2D eigenvalue weighted by atomic mass is 16.1. The molecular weight excluding hydrogens is 314 g/mol. The van der Waals surface area contributed by atoms with Crippen molar-refractivity contribution in [3.8, 4) is 17.8 Å². The van der Waals surface area contributed by atoms with E-state index >= 15 is 0 Å². The number of hydrogen-bond donors (Lipinski definition) is 0. The van der Waals surface area contributed by atoms with E-state index in [2.05, 4.69) is 11.2 Å². The van der Waals surface area contributed by atoms with Crippen LogP contribution in [0, 0.1) is 36.5 Å². The third-order valence-electron chi connectivity index (χ3n) is 4.07. The van der Waals surface area contributed by atoms with Crippen LogP contribution < -0.4 is 5.56 Å². The number of para-hydroxylation sites is 1. The van der Waals surface area contributed by atoms with E-state index in [9.17, 15) is 15.3 Å². The minimum absolute atomic E-state index is 0.114. The van der Waals surface area contributed by atoms with Gasteiger partial charge in [0.05, 0.1) is 29.2 Å². The van der Waals surface area contributed by atoms with Gasteiger partial charge in [0.15, 0.2) is 0 Å². The predicted molar refractivity (Wildman–Crippen MR) is 92.3 cm³/mol. The van der Waals surface area contributed by atoms with E-state index in [-0.39, 0.29) is 17.7 Å². The molecule has 2 aromatic heterocycles. The van der Waals surface area contributed by atoms with E-state index in [1.807, 2.05) is 36.4 Å². The maximum atomic E-state index is 12.5. The molecule has 6 nitrogen and oxygen atoms in total. The molecule has 0 radical (unpaired) electrons. The molecule has 0 aliphatic carbocycles. The molecule has 122 valence electrons. The monoisotopic (exact) mass is 329 g/mol. The normalized spacial score (nSPS) is 10.2. The lowest BCUT2D eigenvalue weighted by atomic mass is 10.1. The molecule has 2 heterocycles. The Morgan fingerprint density at radius 2 is 1.72 bits per heavy atom. The Hall–Kier alpha value is -3.64. The minimum Gasteiger partial charge on any atom is -0.308 e. The lowest BCUT2D eigenvalue weighted by Gasteiger charge is -2.11. The van der Waals surface area contributed by atoms with Gasteiger partial charge in [-0.15, -0.1) is 0 Å². The van der Waals surface area contributed by atoms with Gasteiger partial charge in [0.1, 0.15) is 17.7 Å². The topological polar surface area (TPSA) is 87.4 Å². The van der Waals surface area contributed by atoms with Gasteiger partial charge in [-0.25, -0.2) is 4.68 Å². The Kier molecular flexibility index (Phi) is 4.20. The van der Waals surface area contributed by atoms with Gasteiger partial charge in [0.25, 0.3) is 5.56 Å². The van der Waals surface area contributed by atoms with Crippen molar-refractivity contribution in [2.45, 2.75) is 20.4 Å². The SMILES string of the molecule is Cc1ccn(Cc2c(C#N)c(C)nn2-c2ccccc2)c(=O)c1C#N. The van der Waals surface area contributed by atoms with Crippen LogP contribution in [0.1, 0.15) is 28.1 Å². The van der Waals surface area contributed by atoms with Gasteiger partial charge in [0.2, 0.25) is 0 Å². The fourth-order valence-electron chi connectivity index (χ4n) is 2.74. The largest absolute Gasteiger partial charge is 0.308 e. The van der Waals surface area contributed by atoms with Crippen molar-refractivity contribution in [2.75, 3.05) is 0 Å². The third-order valence-corrected chi connectivity index (χ3v) is 4.07. The van der Waals surface area contributed by atoms with E-state index < -0.39 is 0 Å². The molecule has 0 N–H and O–H groups in total. The number of benzene rings is 1. The number of nitrogens with zero attached hydrogens (tertiary/aromatic N) is 5. The first kappa shape index (κ1) is 16.2. The van der Waals surface area contributed by atoms with Gasteiger partial charge in [-0.2, -0.15) is 15.6 Å². The minimum atomic E-state index is -0.371. The Morgan fingerprint density at radius 3 is 2.36 bits per heavy atom. The Bertz CT molecular complexity index is 1080. The van der Waals surface area contributed by atoms with Crippen molar-refractivity contribution >= 4 is 0 Å². The molecule has 0 amide bonds. The van der Waals surface area contributed by atoms with E-state index in [4.69, 9.17) is 0 Å². The molecule has 25 heavy (non-hydrogen) atoms. The molecule has 0 fully saturated rings. The second kappa shape index (κ2) is 6.46. The second-order valence-corrected chi connectivity index (χ2v) is 5.68. The first-order valence-electron chi connectivity index (χ1n) is 7.71. The maximum absolute atomic E-state index is 12.5. The molecule has 3 aromatic rings. The fraction of sp³-hybridized carbons (Fsp3) is 0.158. The van der Waals surface area contributed by atoms with E-state index in [0.717, 1.165) is 5.69 Å². The van der Waals surface area contributed by atoms with Gasteiger partial charge in [-0.3, -0.25) is 4.79 Å². The van der Waals surface area contributed by atoms with Crippen LogP contribution in [0.25, 0.3) is 5.69 Å². The van der Waals surface area contributed by atoms with E-state index in [1.165, 1.54) is 4.57 Å². The second-order valence-electron chi connectivity index (χ2n) is 5.68. The smallest absolute Gasteiger partial charge is 0.269 e. The Morgan fingerprint density at radius 1 is 1.04 bits per heavy atom. The average molecular weight is 329 g/mol. The number of hydrogen-bond acceptors (Lipinski definition) is 4. The molecule has 0 atom stereocenters. The first-order chi connectivity index (χ1) is 12.1. The van der Waals surface area contributed by atoms with Crippen molar-refractivity contribution in [3.63, 3.8) is 0 Å². The summed E-state index contributed by atoms with van der Waals surface area (Å²) in [6.45, 7) is 3.65. The molecule has 0 unspecified atom stereocenters. The molecule has 0 aliphatic heterocycles. The molecule has 0 saturated carbocycles. The molecule has 0 saturated heterocycles. The highest BCUT2D eigenvalue weighted by molar-refractivity contribution is 5.44. The van der Waals surface area contributed by atoms with Crippen LogP contribution in [0.3, 0.4) is 0 Å². The van der Waals surface area contributed by atoms with Gasteiger partial charge in [-0.1, -0.05) is 18.2 Å². The summed E-state index contributed by atoms with van der Waals surface area (Å²) in [7, 11) is 0. The number of aromatic nitrogens is 3. The summed E-state index contributed by atoms with van der Waals surface area (Å²) in [6.07, 6.45) is 1.64. The zero-order valence-corrected chi connectivity index (χ0v) is 13.9. The molecule has 1 aromatic carbocycles. The first-order valence-corrected chi connectivity index (χ1v) is 7.71. The molecule has 0 aliphatic rings. The fourth-order valence-corrected chi connectivity index (χ4v) is 2.74. The molecular formula is C19H15N5O. The lowest BCUT2D eigenvalue weighted by molar-refractivity contribution is 0.692. The standard InChI is InChI=1S/C19H15N5O/c1-13-8-9-23(19(25)16(13)10-20)12-18-17(11-21)14(2)22-24(18)15-6-4-3-5-7-15/h3-9H,12H2,1-2H3. The van der Waals surface area contributed by atoms with Crippen LogP contribution in [-0.4, -0.2) is 14.3 Å². The number of nitriles is 2. The van der Waals surface area contributed by atoms with Crippen LogP contribution >= 0.6 is 0 Å². The summed E-state index contributed by atoms with van der Waals surface area (Å²) in [5.74, 6) is 0. The van der Waals surface area contributed by atoms with Crippen LogP contribution in [0.5, 0.6) is 0 Å². The summed E-state index contributed by atoms with van der Waals surface area (Å²) >= 11 is 0. The summed E-state index contributed by atoms with van der Waals surface area (Å²) in [5, 5.41) is 23.2. The van der Waals surface area contributed by atoms with Crippen LogP contribution in [0.15, 0.2) is 47.4 Å². The zero-order valence-electron chi connectivity index (χ0n) is 13.9. The van der Waals surface area contributed by atoms with E-state index in [0.29, 0.717) is 22.5 Å². The highest BCUT2D eigenvalue weighted by Gasteiger charge is 2.18. The maximum Gasteiger partial charge on any atom is 0.269 e. The van der Waals surface area contributed by atoms with Crippen LogP contribution in [0.4, 0.5) is 0 Å². The lowest BCUT2D eigenvalue weighted by Crippen LogP contribution is -2.24. The van der Waals surface area contributed by atoms with Crippen molar-refractivity contribution in [3.05, 3.63) is 81.0 Å². The summed E-state index contributed by atoms with van der Waals surface area (Å²) in [6, 6.07) is 15.3. The highest BCUT2D eigenvalue weighted by Crippen LogP contribution is 2.19. The predicted octanol–water partition coefficient (Wildman–Crippen LogP) is 2.44. The molecule has 3 rings (SSSR count). The Balaban J connectivity index is 2.18. The van der Waals surface area contributed by atoms with Crippen molar-refractivity contribution in [1.29, 1.82) is 10.5 Å². The van der Waals surface area contributed by atoms with Crippen molar-refractivity contribution in [1.82, 2.24) is 14.3 Å². The van der Waals surface area contributed by atoms with Gasteiger partial charge in [-0.05, 0) is 37.6 Å². The summed E-state index contributed by atoms with van der Waals surface area (Å²) in [5.41, 5.74) is 2.84. The zero-order chi connectivity index (χ0) is 18.0. The van der Waals surface area contributed by atoms with Crippen LogP contribution in [0.2, 0.25) is 0 Å². The number of rotatable bonds is 3. The molecule has 6 heteroatoms. The number of pyridine rings is 1.